The Balaban J connectivity index is 2.80. The molecule has 1 aromatic rings. The summed E-state index contributed by atoms with van der Waals surface area (Å²) < 4.78 is 0. The van der Waals surface area contributed by atoms with E-state index in [-0.39, 0.29) is 0 Å². The first-order valence-electron chi connectivity index (χ1n) is 8.68. The summed E-state index contributed by atoms with van der Waals surface area (Å²) in [4.78, 5) is 2.54. The fraction of sp³-hybridized carbons (Fsp3) is 0.684. The van der Waals surface area contributed by atoms with Crippen molar-refractivity contribution in [2.45, 2.75) is 66.0 Å². The van der Waals surface area contributed by atoms with Crippen molar-refractivity contribution in [2.75, 3.05) is 19.6 Å². The van der Waals surface area contributed by atoms with E-state index in [1.54, 1.807) is 0 Å². The number of aryl methyl sites for hydroxylation is 1. The van der Waals surface area contributed by atoms with Crippen LogP contribution >= 0.6 is 0 Å². The van der Waals surface area contributed by atoms with E-state index in [4.69, 9.17) is 0 Å². The number of hydrogen-bond acceptors (Lipinski definition) is 2. The standard InChI is InChI=1S/C19H34N2/c1-6-9-17-10-12-18(13-11-17)19(20-14-7-2)15-21(8-3)16(4)5/h10-13,16,19-20H,6-9,14-15H2,1-5H3. The molecule has 1 atom stereocenters. The van der Waals surface area contributed by atoms with E-state index in [1.165, 1.54) is 30.4 Å². The van der Waals surface area contributed by atoms with Crippen LogP contribution in [0.3, 0.4) is 0 Å². The van der Waals surface area contributed by atoms with Gasteiger partial charge in [0.1, 0.15) is 0 Å². The van der Waals surface area contributed by atoms with Gasteiger partial charge in [0.25, 0.3) is 0 Å². The normalized spacial score (nSPS) is 13.1. The van der Waals surface area contributed by atoms with Gasteiger partial charge < -0.3 is 5.32 Å². The molecule has 0 saturated heterocycles. The van der Waals surface area contributed by atoms with E-state index in [1.807, 2.05) is 0 Å². The van der Waals surface area contributed by atoms with Crippen LogP contribution in [-0.4, -0.2) is 30.6 Å². The number of likely N-dealkylation sites (N-methyl/N-ethyl adjacent to an activating group) is 1. The Labute approximate surface area is 131 Å². The summed E-state index contributed by atoms with van der Waals surface area (Å²) in [5, 5.41) is 3.72. The first-order valence-corrected chi connectivity index (χ1v) is 8.68. The van der Waals surface area contributed by atoms with Crippen molar-refractivity contribution >= 4 is 0 Å². The molecule has 1 aromatic carbocycles. The third-order valence-electron chi connectivity index (χ3n) is 4.12. The monoisotopic (exact) mass is 290 g/mol. The second-order valence-electron chi connectivity index (χ2n) is 6.18. The zero-order valence-corrected chi connectivity index (χ0v) is 14.7. The second kappa shape index (κ2) is 9.97. The van der Waals surface area contributed by atoms with Crippen LogP contribution in [0, 0.1) is 0 Å². The maximum absolute atomic E-state index is 3.72. The number of benzene rings is 1. The van der Waals surface area contributed by atoms with Crippen LogP contribution in [0.4, 0.5) is 0 Å². The minimum atomic E-state index is 0.433. The predicted octanol–water partition coefficient (Wildman–Crippen LogP) is 4.41. The molecule has 2 nitrogen and oxygen atoms in total. The Morgan fingerprint density at radius 2 is 1.67 bits per heavy atom. The molecular formula is C19H34N2. The minimum Gasteiger partial charge on any atom is -0.309 e. The predicted molar refractivity (Wildman–Crippen MR) is 93.9 cm³/mol. The van der Waals surface area contributed by atoms with Gasteiger partial charge in [-0.25, -0.2) is 0 Å². The zero-order chi connectivity index (χ0) is 15.7. The molecule has 1 unspecified atom stereocenters. The maximum atomic E-state index is 3.72. The molecule has 2 heteroatoms. The van der Waals surface area contributed by atoms with Crippen LogP contribution in [0.15, 0.2) is 24.3 Å². The molecule has 0 amide bonds. The Hall–Kier alpha value is -0.860. The second-order valence-corrected chi connectivity index (χ2v) is 6.18. The zero-order valence-electron chi connectivity index (χ0n) is 14.7. The van der Waals surface area contributed by atoms with Crippen LogP contribution in [0.25, 0.3) is 0 Å². The SMILES string of the molecule is CCCNC(CN(CC)C(C)C)c1ccc(CCC)cc1. The molecule has 0 saturated carbocycles. The van der Waals surface area contributed by atoms with Crippen molar-refractivity contribution < 1.29 is 0 Å². The molecule has 21 heavy (non-hydrogen) atoms. The highest BCUT2D eigenvalue weighted by atomic mass is 15.2. The van der Waals surface area contributed by atoms with Crippen molar-refractivity contribution in [1.29, 1.82) is 0 Å². The fourth-order valence-corrected chi connectivity index (χ4v) is 2.75. The van der Waals surface area contributed by atoms with Crippen LogP contribution in [0.1, 0.15) is 64.6 Å². The van der Waals surface area contributed by atoms with Crippen molar-refractivity contribution in [3.63, 3.8) is 0 Å². The third-order valence-corrected chi connectivity index (χ3v) is 4.12. The number of nitrogens with zero attached hydrogens (tertiary/aromatic N) is 1. The first kappa shape index (κ1) is 18.2. The minimum absolute atomic E-state index is 0.433. The molecule has 0 radical (unpaired) electrons. The quantitative estimate of drug-likeness (QED) is 0.686. The molecule has 0 aliphatic carbocycles. The molecule has 1 N–H and O–H groups in total. The lowest BCUT2D eigenvalue weighted by molar-refractivity contribution is 0.207. The number of nitrogens with one attached hydrogen (secondary N) is 1. The lowest BCUT2D eigenvalue weighted by atomic mass is 10.0. The average Bonchev–Trinajstić information content (AvgIpc) is 2.48. The summed E-state index contributed by atoms with van der Waals surface area (Å²) in [6.07, 6.45) is 3.58. The molecule has 0 aliphatic heterocycles. The van der Waals surface area contributed by atoms with Crippen LogP contribution in [-0.2, 0) is 6.42 Å². The molecule has 1 rings (SSSR count). The van der Waals surface area contributed by atoms with Gasteiger partial charge in [0.05, 0.1) is 0 Å². The van der Waals surface area contributed by atoms with Gasteiger partial charge in [-0.1, -0.05) is 51.5 Å². The van der Waals surface area contributed by atoms with Gasteiger partial charge in [-0.05, 0) is 50.9 Å². The topological polar surface area (TPSA) is 15.3 Å². The van der Waals surface area contributed by atoms with Gasteiger partial charge in [-0.3, -0.25) is 4.90 Å². The summed E-state index contributed by atoms with van der Waals surface area (Å²) in [6, 6.07) is 10.2. The Kier molecular flexibility index (Phi) is 8.63. The van der Waals surface area contributed by atoms with Crippen molar-refractivity contribution in [1.82, 2.24) is 10.2 Å². The first-order chi connectivity index (χ1) is 10.1. The molecule has 0 aromatic heterocycles. The number of hydrogen-bond donors (Lipinski definition) is 1. The van der Waals surface area contributed by atoms with E-state index < -0.39 is 0 Å². The van der Waals surface area contributed by atoms with E-state index in [0.29, 0.717) is 12.1 Å². The van der Waals surface area contributed by atoms with Crippen molar-refractivity contribution in [3.05, 3.63) is 35.4 Å². The largest absolute Gasteiger partial charge is 0.309 e. The highest BCUT2D eigenvalue weighted by Gasteiger charge is 2.16. The van der Waals surface area contributed by atoms with Gasteiger partial charge in [-0.2, -0.15) is 0 Å². The van der Waals surface area contributed by atoms with Gasteiger partial charge in [0.2, 0.25) is 0 Å². The molecule has 0 fully saturated rings. The average molecular weight is 290 g/mol. The molecule has 0 aliphatic rings. The van der Waals surface area contributed by atoms with Gasteiger partial charge in [-0.15, -0.1) is 0 Å². The van der Waals surface area contributed by atoms with E-state index in [9.17, 15) is 0 Å². The lowest BCUT2D eigenvalue weighted by Gasteiger charge is -2.30. The molecule has 0 heterocycles. The van der Waals surface area contributed by atoms with Crippen LogP contribution < -0.4 is 5.32 Å². The van der Waals surface area contributed by atoms with Crippen molar-refractivity contribution in [3.8, 4) is 0 Å². The Bertz CT molecular complexity index is 370. The Morgan fingerprint density at radius 1 is 1.00 bits per heavy atom. The summed E-state index contributed by atoms with van der Waals surface area (Å²) in [6.45, 7) is 14.6. The smallest absolute Gasteiger partial charge is 0.0449 e. The molecule has 0 spiro atoms. The van der Waals surface area contributed by atoms with Gasteiger partial charge in [0, 0.05) is 18.6 Å². The summed E-state index contributed by atoms with van der Waals surface area (Å²) in [5.41, 5.74) is 2.87. The van der Waals surface area contributed by atoms with E-state index in [2.05, 4.69) is 69.1 Å². The summed E-state index contributed by atoms with van der Waals surface area (Å²) in [7, 11) is 0. The Morgan fingerprint density at radius 3 is 2.14 bits per heavy atom. The van der Waals surface area contributed by atoms with E-state index in [0.717, 1.165) is 19.6 Å². The lowest BCUT2D eigenvalue weighted by Crippen LogP contribution is -2.39. The fourth-order valence-electron chi connectivity index (χ4n) is 2.75. The van der Waals surface area contributed by atoms with Crippen LogP contribution in [0.2, 0.25) is 0 Å². The molecule has 120 valence electrons. The van der Waals surface area contributed by atoms with Gasteiger partial charge >= 0.3 is 0 Å². The highest BCUT2D eigenvalue weighted by Crippen LogP contribution is 2.17. The molecular weight excluding hydrogens is 256 g/mol. The third kappa shape index (κ3) is 6.19. The molecule has 0 bridgehead atoms. The maximum Gasteiger partial charge on any atom is 0.0449 e. The summed E-state index contributed by atoms with van der Waals surface area (Å²) in [5.74, 6) is 0. The van der Waals surface area contributed by atoms with Gasteiger partial charge in [0.15, 0.2) is 0 Å². The highest BCUT2D eigenvalue weighted by molar-refractivity contribution is 5.25. The van der Waals surface area contributed by atoms with E-state index >= 15 is 0 Å². The number of rotatable bonds is 10. The van der Waals surface area contributed by atoms with Crippen molar-refractivity contribution in [2.24, 2.45) is 0 Å². The summed E-state index contributed by atoms with van der Waals surface area (Å²) >= 11 is 0. The van der Waals surface area contributed by atoms with Crippen LogP contribution in [0.5, 0.6) is 0 Å².